The van der Waals surface area contributed by atoms with Gasteiger partial charge in [-0.05, 0) is 24.3 Å². The van der Waals surface area contributed by atoms with Crippen LogP contribution in [0.15, 0.2) is 42.7 Å². The summed E-state index contributed by atoms with van der Waals surface area (Å²) in [7, 11) is 1.60. The summed E-state index contributed by atoms with van der Waals surface area (Å²) in [4.78, 5) is 4.12. The second-order valence-electron chi connectivity index (χ2n) is 4.45. The zero-order valence-corrected chi connectivity index (χ0v) is 12.1. The summed E-state index contributed by atoms with van der Waals surface area (Å²) in [6.07, 6.45) is 3.45. The molecule has 0 radical (unpaired) electrons. The number of aromatic amines is 1. The van der Waals surface area contributed by atoms with Gasteiger partial charge in [-0.1, -0.05) is 17.7 Å². The lowest BCUT2D eigenvalue weighted by molar-refractivity contribution is 0.416. The van der Waals surface area contributed by atoms with Crippen LogP contribution in [0.5, 0.6) is 5.75 Å². The molecule has 0 aliphatic rings. The highest BCUT2D eigenvalue weighted by Gasteiger charge is 2.18. The molecule has 21 heavy (non-hydrogen) atoms. The largest absolute Gasteiger partial charge is 0.496 e. The van der Waals surface area contributed by atoms with Crippen molar-refractivity contribution in [2.75, 3.05) is 12.8 Å². The molecule has 3 aromatic rings. The zero-order chi connectivity index (χ0) is 14.8. The van der Waals surface area contributed by atoms with Gasteiger partial charge in [0.15, 0.2) is 5.82 Å². The highest BCUT2D eigenvalue weighted by atomic mass is 35.5. The van der Waals surface area contributed by atoms with E-state index in [2.05, 4.69) is 15.2 Å². The number of pyridine rings is 1. The number of methoxy groups -OCH3 is 1. The number of nitrogens with zero attached hydrogens (tertiary/aromatic N) is 2. The Kier molecular flexibility index (Phi) is 3.50. The van der Waals surface area contributed by atoms with Crippen molar-refractivity contribution < 1.29 is 4.74 Å². The lowest BCUT2D eigenvalue weighted by Crippen LogP contribution is -1.91. The van der Waals surface area contributed by atoms with Crippen LogP contribution in [-0.2, 0) is 0 Å². The average molecular weight is 301 g/mol. The van der Waals surface area contributed by atoms with Gasteiger partial charge in [0.2, 0.25) is 0 Å². The van der Waals surface area contributed by atoms with E-state index in [1.165, 1.54) is 0 Å². The van der Waals surface area contributed by atoms with Gasteiger partial charge in [-0.2, -0.15) is 5.10 Å². The number of nitrogens with two attached hydrogens (primary N) is 1. The predicted octanol–water partition coefficient (Wildman–Crippen LogP) is 3.38. The van der Waals surface area contributed by atoms with Crippen molar-refractivity contribution in [2.24, 2.45) is 0 Å². The summed E-state index contributed by atoms with van der Waals surface area (Å²) in [6.45, 7) is 0. The second kappa shape index (κ2) is 5.46. The van der Waals surface area contributed by atoms with Crippen molar-refractivity contribution in [3.63, 3.8) is 0 Å². The first-order valence-electron chi connectivity index (χ1n) is 6.29. The van der Waals surface area contributed by atoms with E-state index in [0.717, 1.165) is 22.4 Å². The first-order valence-corrected chi connectivity index (χ1v) is 6.66. The van der Waals surface area contributed by atoms with Gasteiger partial charge in [-0.15, -0.1) is 0 Å². The normalized spacial score (nSPS) is 10.6. The molecule has 0 fully saturated rings. The third-order valence-corrected chi connectivity index (χ3v) is 3.41. The highest BCUT2D eigenvalue weighted by molar-refractivity contribution is 6.30. The van der Waals surface area contributed by atoms with Crippen molar-refractivity contribution in [1.29, 1.82) is 0 Å². The Balaban J connectivity index is 2.21. The Morgan fingerprint density at radius 3 is 2.86 bits per heavy atom. The molecule has 0 saturated heterocycles. The van der Waals surface area contributed by atoms with E-state index in [-0.39, 0.29) is 0 Å². The Morgan fingerprint density at radius 1 is 1.29 bits per heavy atom. The minimum atomic E-state index is 0.412. The molecule has 106 valence electrons. The molecule has 3 rings (SSSR count). The number of aromatic nitrogens is 3. The Labute approximate surface area is 126 Å². The smallest absolute Gasteiger partial charge is 0.153 e. The fraction of sp³-hybridized carbons (Fsp3) is 0.0667. The Bertz CT molecular complexity index is 771. The van der Waals surface area contributed by atoms with E-state index in [0.29, 0.717) is 16.6 Å². The fourth-order valence-corrected chi connectivity index (χ4v) is 2.39. The number of benzene rings is 1. The van der Waals surface area contributed by atoms with Crippen molar-refractivity contribution in [3.05, 3.63) is 47.7 Å². The lowest BCUT2D eigenvalue weighted by atomic mass is 10.0. The number of hydrogen-bond donors (Lipinski definition) is 2. The summed E-state index contributed by atoms with van der Waals surface area (Å²) in [6, 6.07) is 9.20. The summed E-state index contributed by atoms with van der Waals surface area (Å²) in [5.41, 5.74) is 9.29. The van der Waals surface area contributed by atoms with Crippen LogP contribution < -0.4 is 10.5 Å². The number of ether oxygens (including phenoxy) is 1. The number of nitrogens with one attached hydrogen (secondary N) is 1. The third kappa shape index (κ3) is 2.43. The maximum absolute atomic E-state index is 6.00. The molecule has 0 spiro atoms. The SMILES string of the molecule is COc1cc(Cl)ccc1-c1[nH]nc(N)c1-c1cccnc1. The molecule has 3 N–H and O–H groups in total. The van der Waals surface area contributed by atoms with Crippen LogP contribution in [0.1, 0.15) is 0 Å². The van der Waals surface area contributed by atoms with Gasteiger partial charge < -0.3 is 10.5 Å². The van der Waals surface area contributed by atoms with Crippen molar-refractivity contribution in [3.8, 4) is 28.1 Å². The van der Waals surface area contributed by atoms with Crippen LogP contribution in [0, 0.1) is 0 Å². The number of hydrogen-bond acceptors (Lipinski definition) is 4. The van der Waals surface area contributed by atoms with Gasteiger partial charge in [0.05, 0.1) is 18.4 Å². The second-order valence-corrected chi connectivity index (χ2v) is 4.88. The van der Waals surface area contributed by atoms with E-state index in [4.69, 9.17) is 22.1 Å². The fourth-order valence-electron chi connectivity index (χ4n) is 2.23. The zero-order valence-electron chi connectivity index (χ0n) is 11.3. The molecule has 6 heteroatoms. The molecule has 2 heterocycles. The molecule has 5 nitrogen and oxygen atoms in total. The van der Waals surface area contributed by atoms with Gasteiger partial charge in [-0.3, -0.25) is 10.1 Å². The molecule has 0 saturated carbocycles. The van der Waals surface area contributed by atoms with Crippen molar-refractivity contribution in [2.45, 2.75) is 0 Å². The van der Waals surface area contributed by atoms with E-state index in [1.807, 2.05) is 18.2 Å². The van der Waals surface area contributed by atoms with E-state index in [1.54, 1.807) is 31.6 Å². The lowest BCUT2D eigenvalue weighted by Gasteiger charge is -2.09. The van der Waals surface area contributed by atoms with E-state index >= 15 is 0 Å². The third-order valence-electron chi connectivity index (χ3n) is 3.18. The maximum atomic E-state index is 6.00. The van der Waals surface area contributed by atoms with Crippen LogP contribution in [0.4, 0.5) is 5.82 Å². The minimum absolute atomic E-state index is 0.412. The van der Waals surface area contributed by atoms with Gasteiger partial charge in [-0.25, -0.2) is 0 Å². The number of halogens is 1. The Hall–Kier alpha value is -2.53. The molecule has 0 amide bonds. The molecular formula is C15H13ClN4O. The average Bonchev–Trinajstić information content (AvgIpc) is 2.89. The quantitative estimate of drug-likeness (QED) is 0.777. The van der Waals surface area contributed by atoms with E-state index in [9.17, 15) is 0 Å². The van der Waals surface area contributed by atoms with Crippen LogP contribution in [-0.4, -0.2) is 22.3 Å². The number of nitrogen functional groups attached to an aromatic ring is 1. The summed E-state index contributed by atoms with van der Waals surface area (Å²) in [5, 5.41) is 7.66. The summed E-state index contributed by atoms with van der Waals surface area (Å²) >= 11 is 6.00. The number of rotatable bonds is 3. The molecule has 1 aromatic carbocycles. The minimum Gasteiger partial charge on any atom is -0.496 e. The highest BCUT2D eigenvalue weighted by Crippen LogP contribution is 2.39. The van der Waals surface area contributed by atoms with Gasteiger partial charge in [0.25, 0.3) is 0 Å². The standard InChI is InChI=1S/C15H13ClN4O/c1-21-12-7-10(16)4-5-11(12)14-13(15(17)20-19-14)9-3-2-6-18-8-9/h2-8H,1H3,(H3,17,19,20). The number of H-pyrrole nitrogens is 1. The number of anilines is 1. The van der Waals surface area contributed by atoms with Crippen molar-refractivity contribution in [1.82, 2.24) is 15.2 Å². The topological polar surface area (TPSA) is 76.8 Å². The van der Waals surface area contributed by atoms with Gasteiger partial charge in [0, 0.05) is 28.5 Å². The van der Waals surface area contributed by atoms with Crippen molar-refractivity contribution >= 4 is 17.4 Å². The Morgan fingerprint density at radius 2 is 2.14 bits per heavy atom. The molecular weight excluding hydrogens is 288 g/mol. The van der Waals surface area contributed by atoms with Crippen LogP contribution in [0.3, 0.4) is 0 Å². The summed E-state index contributed by atoms with van der Waals surface area (Å²) < 4.78 is 5.39. The maximum Gasteiger partial charge on any atom is 0.153 e. The first-order chi connectivity index (χ1) is 10.2. The molecule has 0 aliphatic carbocycles. The summed E-state index contributed by atoms with van der Waals surface area (Å²) in [5.74, 6) is 1.06. The molecule has 0 bridgehead atoms. The molecule has 0 atom stereocenters. The van der Waals surface area contributed by atoms with Gasteiger partial charge >= 0.3 is 0 Å². The van der Waals surface area contributed by atoms with Gasteiger partial charge in [0.1, 0.15) is 5.75 Å². The van der Waals surface area contributed by atoms with Crippen LogP contribution >= 0.6 is 11.6 Å². The molecule has 0 unspecified atom stereocenters. The monoisotopic (exact) mass is 300 g/mol. The predicted molar refractivity (Wildman–Crippen MR) is 83.2 cm³/mol. The molecule has 0 aliphatic heterocycles. The van der Waals surface area contributed by atoms with Crippen LogP contribution in [0.25, 0.3) is 22.4 Å². The molecule has 2 aromatic heterocycles. The first kappa shape index (κ1) is 13.5. The van der Waals surface area contributed by atoms with Crippen LogP contribution in [0.2, 0.25) is 5.02 Å². The van der Waals surface area contributed by atoms with E-state index < -0.39 is 0 Å².